The van der Waals surface area contributed by atoms with E-state index >= 15 is 0 Å². The van der Waals surface area contributed by atoms with Crippen LogP contribution < -0.4 is 5.32 Å². The number of benzene rings is 1. The quantitative estimate of drug-likeness (QED) is 0.588. The number of hydrogen-bond donors (Lipinski definition) is 2. The van der Waals surface area contributed by atoms with Gasteiger partial charge in [0.25, 0.3) is 0 Å². The van der Waals surface area contributed by atoms with Crippen LogP contribution in [0.2, 0.25) is 0 Å². The first-order valence-electron chi connectivity index (χ1n) is 5.36. The van der Waals surface area contributed by atoms with E-state index in [0.29, 0.717) is 11.3 Å². The highest BCUT2D eigenvalue weighted by atomic mass is 16.5. The van der Waals surface area contributed by atoms with Gasteiger partial charge in [-0.25, -0.2) is 0 Å². The standard InChI is InChI=1S/C12H13NO4/c1-2-17-11(16)12(7-14)8-5-3-4-6-9(8)13-10(12)15/h3-6,14H,2,7H2,1H3,(H,13,15). The first kappa shape index (κ1) is 11.6. The van der Waals surface area contributed by atoms with Crippen molar-refractivity contribution >= 4 is 17.6 Å². The number of carbonyl (C=O) groups excluding carboxylic acids is 2. The van der Waals surface area contributed by atoms with E-state index in [4.69, 9.17) is 4.74 Å². The number of hydrogen-bond acceptors (Lipinski definition) is 4. The Morgan fingerprint density at radius 2 is 2.18 bits per heavy atom. The summed E-state index contributed by atoms with van der Waals surface area (Å²) in [6, 6.07) is 6.78. The Morgan fingerprint density at radius 1 is 1.47 bits per heavy atom. The van der Waals surface area contributed by atoms with Crippen molar-refractivity contribution < 1.29 is 19.4 Å². The van der Waals surface area contributed by atoms with Gasteiger partial charge in [0.05, 0.1) is 13.2 Å². The number of aliphatic hydroxyl groups excluding tert-OH is 1. The molecule has 5 nitrogen and oxygen atoms in total. The predicted molar refractivity (Wildman–Crippen MR) is 60.5 cm³/mol. The topological polar surface area (TPSA) is 75.6 Å². The van der Waals surface area contributed by atoms with Gasteiger partial charge in [-0.15, -0.1) is 0 Å². The molecule has 2 N–H and O–H groups in total. The fourth-order valence-corrected chi connectivity index (χ4v) is 1.99. The van der Waals surface area contributed by atoms with E-state index in [1.807, 2.05) is 0 Å². The maximum atomic E-state index is 11.9. The Labute approximate surface area is 98.4 Å². The summed E-state index contributed by atoms with van der Waals surface area (Å²) >= 11 is 0. The molecule has 0 bridgehead atoms. The van der Waals surface area contributed by atoms with Crippen LogP contribution in [-0.4, -0.2) is 30.2 Å². The molecular weight excluding hydrogens is 222 g/mol. The van der Waals surface area contributed by atoms with E-state index in [1.54, 1.807) is 31.2 Å². The number of rotatable bonds is 3. The maximum absolute atomic E-state index is 11.9. The smallest absolute Gasteiger partial charge is 0.328 e. The lowest BCUT2D eigenvalue weighted by Gasteiger charge is -2.22. The van der Waals surface area contributed by atoms with Crippen LogP contribution in [0, 0.1) is 0 Å². The fourth-order valence-electron chi connectivity index (χ4n) is 1.99. The lowest BCUT2D eigenvalue weighted by molar-refractivity contribution is -0.154. The molecule has 1 aliphatic heterocycles. The van der Waals surface area contributed by atoms with Crippen LogP contribution in [0.3, 0.4) is 0 Å². The van der Waals surface area contributed by atoms with Crippen molar-refractivity contribution in [1.82, 2.24) is 0 Å². The zero-order chi connectivity index (χ0) is 12.5. The molecule has 5 heteroatoms. The van der Waals surface area contributed by atoms with Crippen LogP contribution in [0.1, 0.15) is 12.5 Å². The third-order valence-electron chi connectivity index (χ3n) is 2.88. The normalized spacial score (nSPS) is 21.9. The van der Waals surface area contributed by atoms with Crippen LogP contribution in [0.4, 0.5) is 5.69 Å². The summed E-state index contributed by atoms with van der Waals surface area (Å²) in [5.74, 6) is -1.26. The zero-order valence-corrected chi connectivity index (χ0v) is 9.40. The van der Waals surface area contributed by atoms with Crippen LogP contribution >= 0.6 is 0 Å². The number of para-hydroxylation sites is 1. The van der Waals surface area contributed by atoms with E-state index in [-0.39, 0.29) is 6.61 Å². The van der Waals surface area contributed by atoms with Crippen LogP contribution in [0.25, 0.3) is 0 Å². The predicted octanol–water partition coefficient (Wildman–Crippen LogP) is 0.432. The van der Waals surface area contributed by atoms with Crippen molar-refractivity contribution in [3.63, 3.8) is 0 Å². The SMILES string of the molecule is CCOC(=O)C1(CO)C(=O)Nc2ccccc21. The summed E-state index contributed by atoms with van der Waals surface area (Å²) < 4.78 is 4.89. The first-order valence-corrected chi connectivity index (χ1v) is 5.36. The minimum Gasteiger partial charge on any atom is -0.465 e. The second-order valence-electron chi connectivity index (χ2n) is 3.78. The average molecular weight is 235 g/mol. The Bertz CT molecular complexity index is 471. The molecule has 1 aromatic carbocycles. The molecular formula is C12H13NO4. The van der Waals surface area contributed by atoms with Gasteiger partial charge < -0.3 is 15.2 Å². The Hall–Kier alpha value is -1.88. The Balaban J connectivity index is 2.54. The summed E-state index contributed by atoms with van der Waals surface area (Å²) in [6.45, 7) is 1.21. The van der Waals surface area contributed by atoms with Crippen molar-refractivity contribution in [2.75, 3.05) is 18.5 Å². The van der Waals surface area contributed by atoms with E-state index < -0.39 is 23.9 Å². The molecule has 0 spiro atoms. The second-order valence-corrected chi connectivity index (χ2v) is 3.78. The summed E-state index contributed by atoms with van der Waals surface area (Å²) in [6.07, 6.45) is 0. The lowest BCUT2D eigenvalue weighted by Crippen LogP contribution is -2.46. The Kier molecular flexibility index (Phi) is 2.85. The van der Waals surface area contributed by atoms with E-state index in [0.717, 1.165) is 0 Å². The van der Waals surface area contributed by atoms with Crippen molar-refractivity contribution in [3.05, 3.63) is 29.8 Å². The molecule has 2 rings (SSSR count). The molecule has 1 aliphatic rings. The van der Waals surface area contributed by atoms with Gasteiger partial charge in [0.1, 0.15) is 0 Å². The van der Waals surface area contributed by atoms with Gasteiger partial charge >= 0.3 is 5.97 Å². The number of nitrogens with one attached hydrogen (secondary N) is 1. The maximum Gasteiger partial charge on any atom is 0.328 e. The first-order chi connectivity index (χ1) is 8.16. The molecule has 0 fully saturated rings. The van der Waals surface area contributed by atoms with Gasteiger partial charge in [0.2, 0.25) is 5.91 Å². The van der Waals surface area contributed by atoms with E-state index in [9.17, 15) is 14.7 Å². The van der Waals surface area contributed by atoms with Gasteiger partial charge in [-0.3, -0.25) is 9.59 Å². The number of carbonyl (C=O) groups is 2. The molecule has 1 heterocycles. The number of anilines is 1. The summed E-state index contributed by atoms with van der Waals surface area (Å²) in [7, 11) is 0. The molecule has 0 radical (unpaired) electrons. The third-order valence-corrected chi connectivity index (χ3v) is 2.88. The number of esters is 1. The summed E-state index contributed by atoms with van der Waals surface area (Å²) in [5, 5.41) is 12.0. The highest BCUT2D eigenvalue weighted by Gasteiger charge is 2.54. The molecule has 0 saturated heterocycles. The van der Waals surface area contributed by atoms with Crippen molar-refractivity contribution in [1.29, 1.82) is 0 Å². The largest absolute Gasteiger partial charge is 0.465 e. The van der Waals surface area contributed by atoms with E-state index in [1.165, 1.54) is 0 Å². The van der Waals surface area contributed by atoms with Crippen molar-refractivity contribution in [2.24, 2.45) is 0 Å². The van der Waals surface area contributed by atoms with Gasteiger partial charge in [-0.05, 0) is 13.0 Å². The van der Waals surface area contributed by atoms with Crippen molar-refractivity contribution in [2.45, 2.75) is 12.3 Å². The highest BCUT2D eigenvalue weighted by Crippen LogP contribution is 2.38. The lowest BCUT2D eigenvalue weighted by atomic mass is 9.82. The van der Waals surface area contributed by atoms with Gasteiger partial charge in [-0.1, -0.05) is 18.2 Å². The number of amides is 1. The van der Waals surface area contributed by atoms with Gasteiger partial charge in [0, 0.05) is 11.3 Å². The summed E-state index contributed by atoms with van der Waals surface area (Å²) in [4.78, 5) is 23.9. The summed E-state index contributed by atoms with van der Waals surface area (Å²) in [5.41, 5.74) is -0.613. The molecule has 0 saturated carbocycles. The molecule has 17 heavy (non-hydrogen) atoms. The average Bonchev–Trinajstić information content (AvgIpc) is 2.62. The Morgan fingerprint density at radius 3 is 2.82 bits per heavy atom. The van der Waals surface area contributed by atoms with Gasteiger partial charge in [0.15, 0.2) is 5.41 Å². The van der Waals surface area contributed by atoms with Crippen LogP contribution in [0.5, 0.6) is 0 Å². The number of aliphatic hydroxyl groups is 1. The molecule has 0 aliphatic carbocycles. The van der Waals surface area contributed by atoms with Crippen molar-refractivity contribution in [3.8, 4) is 0 Å². The number of fused-ring (bicyclic) bond motifs is 1. The molecule has 1 unspecified atom stereocenters. The van der Waals surface area contributed by atoms with Crippen LogP contribution in [0.15, 0.2) is 24.3 Å². The molecule has 90 valence electrons. The zero-order valence-electron chi connectivity index (χ0n) is 9.40. The molecule has 1 aromatic rings. The second kappa shape index (κ2) is 4.18. The number of ether oxygens (including phenoxy) is 1. The minimum absolute atomic E-state index is 0.163. The third kappa shape index (κ3) is 1.51. The molecule has 0 aromatic heterocycles. The van der Waals surface area contributed by atoms with Crippen LogP contribution in [-0.2, 0) is 19.7 Å². The monoisotopic (exact) mass is 235 g/mol. The molecule has 1 amide bonds. The highest BCUT2D eigenvalue weighted by molar-refractivity contribution is 6.19. The van der Waals surface area contributed by atoms with Gasteiger partial charge in [-0.2, -0.15) is 0 Å². The van der Waals surface area contributed by atoms with E-state index in [2.05, 4.69) is 5.32 Å². The fraction of sp³-hybridized carbons (Fsp3) is 0.333. The molecule has 1 atom stereocenters. The minimum atomic E-state index is -1.62.